The molecule has 1 saturated carbocycles. The van der Waals surface area contributed by atoms with E-state index in [1.165, 1.54) is 18.2 Å². The Kier molecular flexibility index (Phi) is 5.28. The molecule has 2 aromatic rings. The maximum atomic E-state index is 12.7. The van der Waals surface area contributed by atoms with Gasteiger partial charge in [-0.3, -0.25) is 20.4 Å². The number of aliphatic hydroxyl groups excluding tert-OH is 1. The molecule has 0 aliphatic heterocycles. The fraction of sp³-hybridized carbons (Fsp3) is 0.263. The third-order valence-corrected chi connectivity index (χ3v) is 4.59. The van der Waals surface area contributed by atoms with Crippen molar-refractivity contribution in [2.24, 2.45) is 5.41 Å². The Morgan fingerprint density at radius 2 is 1.64 bits per heavy atom. The van der Waals surface area contributed by atoms with Gasteiger partial charge in [0.1, 0.15) is 0 Å². The Bertz CT molecular complexity index is 878. The van der Waals surface area contributed by atoms with E-state index in [1.807, 2.05) is 0 Å². The van der Waals surface area contributed by atoms with Crippen LogP contribution in [0.15, 0.2) is 48.5 Å². The Morgan fingerprint density at radius 3 is 2.21 bits per heavy atom. The first-order valence-corrected chi connectivity index (χ1v) is 8.50. The van der Waals surface area contributed by atoms with Crippen LogP contribution >= 0.6 is 0 Å². The number of halogens is 3. The topological polar surface area (TPSA) is 90.5 Å². The van der Waals surface area contributed by atoms with E-state index in [0.717, 1.165) is 12.1 Å². The Hall–Kier alpha value is -3.07. The summed E-state index contributed by atoms with van der Waals surface area (Å²) in [5.74, 6) is -1.06. The number of aliphatic hydroxyl groups is 1. The van der Waals surface area contributed by atoms with Crippen molar-refractivity contribution in [3.8, 4) is 0 Å². The molecule has 3 rings (SSSR count). The number of para-hydroxylation sites is 1. The molecule has 0 saturated heterocycles. The quantitative estimate of drug-likeness (QED) is 0.588. The summed E-state index contributed by atoms with van der Waals surface area (Å²) in [5, 5.41) is 12.1. The van der Waals surface area contributed by atoms with Crippen molar-refractivity contribution < 1.29 is 27.9 Å². The summed E-state index contributed by atoms with van der Waals surface area (Å²) in [4.78, 5) is 24.4. The molecule has 1 fully saturated rings. The number of hydrogen-bond acceptors (Lipinski definition) is 4. The van der Waals surface area contributed by atoms with Crippen LogP contribution in [0.2, 0.25) is 0 Å². The standard InChI is InChI=1S/C19H18F3N3O3/c20-19(21,22)12-5-7-13(8-6-12)23-15-4-2-1-3-14(15)16(27)24-25-17(28)18(11-26)9-10-18/h1-8,23,26H,9-11H2,(H,24,27)(H,25,28). The molecule has 6 nitrogen and oxygen atoms in total. The smallest absolute Gasteiger partial charge is 0.395 e. The maximum absolute atomic E-state index is 12.7. The zero-order valence-corrected chi connectivity index (χ0v) is 14.6. The number of rotatable bonds is 5. The largest absolute Gasteiger partial charge is 0.416 e. The average molecular weight is 393 g/mol. The second kappa shape index (κ2) is 7.51. The minimum Gasteiger partial charge on any atom is -0.395 e. The van der Waals surface area contributed by atoms with E-state index in [-0.39, 0.29) is 12.2 Å². The molecule has 1 aliphatic rings. The lowest BCUT2D eigenvalue weighted by Crippen LogP contribution is -2.46. The fourth-order valence-corrected chi connectivity index (χ4v) is 2.61. The van der Waals surface area contributed by atoms with Crippen molar-refractivity contribution in [1.82, 2.24) is 10.9 Å². The molecular formula is C19H18F3N3O3. The average Bonchev–Trinajstić information content (AvgIpc) is 3.47. The zero-order chi connectivity index (χ0) is 20.4. The van der Waals surface area contributed by atoms with E-state index < -0.39 is 29.0 Å². The fourth-order valence-electron chi connectivity index (χ4n) is 2.61. The third-order valence-electron chi connectivity index (χ3n) is 4.59. The van der Waals surface area contributed by atoms with Crippen molar-refractivity contribution in [2.45, 2.75) is 19.0 Å². The number of anilines is 2. The first-order valence-electron chi connectivity index (χ1n) is 8.50. The molecule has 28 heavy (non-hydrogen) atoms. The van der Waals surface area contributed by atoms with Crippen LogP contribution < -0.4 is 16.2 Å². The van der Waals surface area contributed by atoms with Gasteiger partial charge in [0.15, 0.2) is 0 Å². The van der Waals surface area contributed by atoms with Crippen LogP contribution in [0.3, 0.4) is 0 Å². The SMILES string of the molecule is O=C(NNC(=O)C1(CO)CC1)c1ccccc1Nc1ccc(C(F)(F)F)cc1. The number of alkyl halides is 3. The van der Waals surface area contributed by atoms with Crippen LogP contribution in [0.1, 0.15) is 28.8 Å². The highest BCUT2D eigenvalue weighted by atomic mass is 19.4. The van der Waals surface area contributed by atoms with Gasteiger partial charge in [-0.2, -0.15) is 13.2 Å². The van der Waals surface area contributed by atoms with Crippen LogP contribution in [-0.2, 0) is 11.0 Å². The molecular weight excluding hydrogens is 375 g/mol. The number of benzene rings is 2. The van der Waals surface area contributed by atoms with E-state index in [1.54, 1.807) is 18.2 Å². The van der Waals surface area contributed by atoms with Crippen molar-refractivity contribution in [1.29, 1.82) is 0 Å². The Balaban J connectivity index is 1.69. The van der Waals surface area contributed by atoms with E-state index in [9.17, 15) is 27.9 Å². The molecule has 0 bridgehead atoms. The van der Waals surface area contributed by atoms with Crippen LogP contribution in [-0.4, -0.2) is 23.5 Å². The van der Waals surface area contributed by atoms with Gasteiger partial charge in [0.05, 0.1) is 28.8 Å². The van der Waals surface area contributed by atoms with Gasteiger partial charge in [0.25, 0.3) is 5.91 Å². The summed E-state index contributed by atoms with van der Waals surface area (Å²) in [6.45, 7) is -0.291. The van der Waals surface area contributed by atoms with Crippen molar-refractivity contribution in [3.63, 3.8) is 0 Å². The monoisotopic (exact) mass is 393 g/mol. The highest BCUT2D eigenvalue weighted by Gasteiger charge is 2.49. The Labute approximate surface area is 158 Å². The molecule has 0 unspecified atom stereocenters. The van der Waals surface area contributed by atoms with Gasteiger partial charge < -0.3 is 10.4 Å². The molecule has 2 aromatic carbocycles. The summed E-state index contributed by atoms with van der Waals surface area (Å²) in [5.41, 5.74) is 3.91. The molecule has 0 aromatic heterocycles. The third kappa shape index (κ3) is 4.25. The lowest BCUT2D eigenvalue weighted by atomic mass is 10.1. The first kappa shape index (κ1) is 19.7. The Morgan fingerprint density at radius 1 is 1.00 bits per heavy atom. The van der Waals surface area contributed by atoms with Crippen molar-refractivity contribution >= 4 is 23.2 Å². The summed E-state index contributed by atoms with van der Waals surface area (Å²) < 4.78 is 38.0. The number of amides is 2. The number of carbonyl (C=O) groups is 2. The normalized spacial score (nSPS) is 14.9. The molecule has 0 radical (unpaired) electrons. The molecule has 0 atom stereocenters. The molecule has 4 N–H and O–H groups in total. The highest BCUT2D eigenvalue weighted by Crippen LogP contribution is 2.45. The summed E-state index contributed by atoms with van der Waals surface area (Å²) in [7, 11) is 0. The molecule has 0 spiro atoms. The van der Waals surface area contributed by atoms with Gasteiger partial charge in [-0.05, 0) is 49.2 Å². The summed E-state index contributed by atoms with van der Waals surface area (Å²) >= 11 is 0. The highest BCUT2D eigenvalue weighted by molar-refractivity contribution is 6.01. The molecule has 0 heterocycles. The summed E-state index contributed by atoms with van der Waals surface area (Å²) in [6.07, 6.45) is -3.32. The van der Waals surface area contributed by atoms with E-state index in [4.69, 9.17) is 0 Å². The van der Waals surface area contributed by atoms with Gasteiger partial charge in [-0.15, -0.1) is 0 Å². The minimum atomic E-state index is -4.43. The number of hydrogen-bond donors (Lipinski definition) is 4. The number of nitrogens with one attached hydrogen (secondary N) is 3. The predicted molar refractivity (Wildman–Crippen MR) is 95.5 cm³/mol. The first-order chi connectivity index (χ1) is 13.2. The van der Waals surface area contributed by atoms with E-state index in [0.29, 0.717) is 24.2 Å². The zero-order valence-electron chi connectivity index (χ0n) is 14.6. The van der Waals surface area contributed by atoms with Gasteiger partial charge in [0.2, 0.25) is 5.91 Å². The van der Waals surface area contributed by atoms with Crippen LogP contribution in [0, 0.1) is 5.41 Å². The number of hydrazine groups is 1. The number of carbonyl (C=O) groups excluding carboxylic acids is 2. The molecule has 148 valence electrons. The molecule has 9 heteroatoms. The van der Waals surface area contributed by atoms with Crippen LogP contribution in [0.25, 0.3) is 0 Å². The second-order valence-corrected chi connectivity index (χ2v) is 6.59. The van der Waals surface area contributed by atoms with Crippen LogP contribution in [0.5, 0.6) is 0 Å². The van der Waals surface area contributed by atoms with E-state index >= 15 is 0 Å². The lowest BCUT2D eigenvalue weighted by Gasteiger charge is -2.15. The van der Waals surface area contributed by atoms with E-state index in [2.05, 4.69) is 16.2 Å². The second-order valence-electron chi connectivity index (χ2n) is 6.59. The van der Waals surface area contributed by atoms with Gasteiger partial charge in [-0.25, -0.2) is 0 Å². The van der Waals surface area contributed by atoms with Gasteiger partial charge in [0, 0.05) is 5.69 Å². The van der Waals surface area contributed by atoms with Crippen molar-refractivity contribution in [3.05, 3.63) is 59.7 Å². The predicted octanol–water partition coefficient (Wildman–Crippen LogP) is 2.98. The molecule has 2 amide bonds. The summed E-state index contributed by atoms with van der Waals surface area (Å²) in [6, 6.07) is 10.8. The minimum absolute atomic E-state index is 0.191. The van der Waals surface area contributed by atoms with Gasteiger partial charge in [-0.1, -0.05) is 12.1 Å². The maximum Gasteiger partial charge on any atom is 0.416 e. The van der Waals surface area contributed by atoms with Crippen LogP contribution in [0.4, 0.5) is 24.5 Å². The lowest BCUT2D eigenvalue weighted by molar-refractivity contribution is -0.137. The van der Waals surface area contributed by atoms with Gasteiger partial charge >= 0.3 is 6.18 Å². The van der Waals surface area contributed by atoms with Crippen molar-refractivity contribution in [2.75, 3.05) is 11.9 Å². The molecule has 1 aliphatic carbocycles.